The summed E-state index contributed by atoms with van der Waals surface area (Å²) in [5, 5.41) is 12.4. The van der Waals surface area contributed by atoms with Gasteiger partial charge >= 0.3 is 5.97 Å². The lowest BCUT2D eigenvalue weighted by Crippen LogP contribution is -2.64. The molecular formula is C16H28N2O3. The van der Waals surface area contributed by atoms with E-state index in [1.54, 1.807) is 0 Å². The first-order valence-corrected chi connectivity index (χ1v) is 8.12. The molecule has 4 N–H and O–H groups in total. The summed E-state index contributed by atoms with van der Waals surface area (Å²) in [6.07, 6.45) is 5.99. The molecule has 0 saturated heterocycles. The molecule has 0 radical (unpaired) electrons. The van der Waals surface area contributed by atoms with Gasteiger partial charge in [-0.15, -0.1) is 0 Å². The van der Waals surface area contributed by atoms with Crippen molar-refractivity contribution < 1.29 is 14.7 Å². The third kappa shape index (κ3) is 3.39. The second kappa shape index (κ2) is 5.95. The topological polar surface area (TPSA) is 92.4 Å². The van der Waals surface area contributed by atoms with E-state index in [-0.39, 0.29) is 5.91 Å². The van der Waals surface area contributed by atoms with Gasteiger partial charge in [0.05, 0.1) is 5.54 Å². The number of amides is 1. The molecule has 2 atom stereocenters. The Morgan fingerprint density at radius 1 is 1.10 bits per heavy atom. The van der Waals surface area contributed by atoms with Gasteiger partial charge in [-0.25, -0.2) is 4.79 Å². The Morgan fingerprint density at radius 2 is 1.71 bits per heavy atom. The highest BCUT2D eigenvalue weighted by Gasteiger charge is 2.47. The molecule has 0 aromatic heterocycles. The first kappa shape index (κ1) is 16.3. The van der Waals surface area contributed by atoms with E-state index in [2.05, 4.69) is 19.2 Å². The Balaban J connectivity index is 2.10. The molecule has 2 rings (SSSR count). The fraction of sp³-hybridized carbons (Fsp3) is 0.875. The standard InChI is InChI=1S/C16H28N2O3/c1-11-5-8-16(9-6-11,14(20)21)18-13(19)15(17)7-3-4-12(2)10-15/h11-12H,3-10,17H2,1-2H3,(H,18,19)(H,20,21). The van der Waals surface area contributed by atoms with Crippen molar-refractivity contribution in [2.45, 2.75) is 76.3 Å². The number of rotatable bonds is 3. The summed E-state index contributed by atoms with van der Waals surface area (Å²) >= 11 is 0. The smallest absolute Gasteiger partial charge is 0.329 e. The van der Waals surface area contributed by atoms with Gasteiger partial charge in [0.15, 0.2) is 0 Å². The van der Waals surface area contributed by atoms with Crippen LogP contribution in [0.3, 0.4) is 0 Å². The average molecular weight is 296 g/mol. The molecule has 2 fully saturated rings. The van der Waals surface area contributed by atoms with E-state index in [0.717, 1.165) is 25.7 Å². The number of aliphatic carboxylic acids is 1. The molecule has 5 nitrogen and oxygen atoms in total. The van der Waals surface area contributed by atoms with Crippen LogP contribution >= 0.6 is 0 Å². The minimum Gasteiger partial charge on any atom is -0.480 e. The number of nitrogens with two attached hydrogens (primary N) is 1. The second-order valence-electron chi connectivity index (χ2n) is 7.38. The number of carbonyl (C=O) groups is 2. The van der Waals surface area contributed by atoms with Gasteiger partial charge in [0.25, 0.3) is 0 Å². The molecule has 5 heteroatoms. The maximum atomic E-state index is 12.6. The molecule has 0 aromatic carbocycles. The fourth-order valence-electron chi connectivity index (χ4n) is 3.79. The molecule has 0 heterocycles. The van der Waals surface area contributed by atoms with Crippen LogP contribution in [0.15, 0.2) is 0 Å². The molecule has 2 aliphatic rings. The van der Waals surface area contributed by atoms with Gasteiger partial charge in [-0.3, -0.25) is 4.79 Å². The maximum Gasteiger partial charge on any atom is 0.329 e. The van der Waals surface area contributed by atoms with E-state index in [1.165, 1.54) is 0 Å². The predicted octanol–water partition coefficient (Wildman–Crippen LogP) is 2.04. The highest BCUT2D eigenvalue weighted by atomic mass is 16.4. The van der Waals surface area contributed by atoms with Crippen LogP contribution in [-0.2, 0) is 9.59 Å². The molecule has 1 amide bonds. The minimum absolute atomic E-state index is 0.272. The zero-order valence-corrected chi connectivity index (χ0v) is 13.2. The van der Waals surface area contributed by atoms with Crippen LogP contribution < -0.4 is 11.1 Å². The number of carboxylic acids is 1. The van der Waals surface area contributed by atoms with Gasteiger partial charge in [0.2, 0.25) is 5.91 Å². The van der Waals surface area contributed by atoms with Gasteiger partial charge < -0.3 is 16.2 Å². The zero-order chi connectivity index (χ0) is 15.7. The molecule has 2 saturated carbocycles. The summed E-state index contributed by atoms with van der Waals surface area (Å²) in [5.41, 5.74) is 4.28. The molecule has 0 spiro atoms. The van der Waals surface area contributed by atoms with E-state index < -0.39 is 17.0 Å². The summed E-state index contributed by atoms with van der Waals surface area (Å²) in [6, 6.07) is 0. The Kier molecular flexibility index (Phi) is 4.61. The molecule has 0 aliphatic heterocycles. The predicted molar refractivity (Wildman–Crippen MR) is 80.7 cm³/mol. The normalized spacial score (nSPS) is 40.5. The van der Waals surface area contributed by atoms with Gasteiger partial charge in [0.1, 0.15) is 5.54 Å². The number of nitrogens with one attached hydrogen (secondary N) is 1. The summed E-state index contributed by atoms with van der Waals surface area (Å²) < 4.78 is 0. The number of hydrogen-bond donors (Lipinski definition) is 3. The van der Waals surface area contributed by atoms with Gasteiger partial charge in [-0.1, -0.05) is 26.7 Å². The molecule has 120 valence electrons. The number of carbonyl (C=O) groups excluding carboxylic acids is 1. The van der Waals surface area contributed by atoms with Crippen molar-refractivity contribution in [2.24, 2.45) is 17.6 Å². The van der Waals surface area contributed by atoms with Crippen molar-refractivity contribution in [1.29, 1.82) is 0 Å². The van der Waals surface area contributed by atoms with Crippen molar-refractivity contribution >= 4 is 11.9 Å². The Morgan fingerprint density at radius 3 is 2.24 bits per heavy atom. The first-order valence-electron chi connectivity index (χ1n) is 8.12. The van der Waals surface area contributed by atoms with Crippen molar-refractivity contribution in [3.63, 3.8) is 0 Å². The SMILES string of the molecule is CC1CCC(NC(=O)C2(N)CCCC(C)C2)(C(=O)O)CC1. The van der Waals surface area contributed by atoms with Crippen LogP contribution in [0, 0.1) is 11.8 Å². The molecular weight excluding hydrogens is 268 g/mol. The molecule has 21 heavy (non-hydrogen) atoms. The lowest BCUT2D eigenvalue weighted by molar-refractivity contribution is -0.151. The highest BCUT2D eigenvalue weighted by molar-refractivity contribution is 5.92. The monoisotopic (exact) mass is 296 g/mol. The second-order valence-corrected chi connectivity index (χ2v) is 7.38. The first-order chi connectivity index (χ1) is 9.77. The van der Waals surface area contributed by atoms with E-state index in [9.17, 15) is 14.7 Å². The highest BCUT2D eigenvalue weighted by Crippen LogP contribution is 2.35. The van der Waals surface area contributed by atoms with Crippen LogP contribution in [0.4, 0.5) is 0 Å². The van der Waals surface area contributed by atoms with Crippen LogP contribution in [0.25, 0.3) is 0 Å². The molecule has 2 unspecified atom stereocenters. The lowest BCUT2D eigenvalue weighted by atomic mass is 9.74. The Bertz CT molecular complexity index is 416. The van der Waals surface area contributed by atoms with E-state index in [4.69, 9.17) is 5.73 Å². The van der Waals surface area contributed by atoms with E-state index in [0.29, 0.717) is 37.5 Å². The number of hydrogen-bond acceptors (Lipinski definition) is 3. The van der Waals surface area contributed by atoms with Crippen molar-refractivity contribution in [2.75, 3.05) is 0 Å². The Hall–Kier alpha value is -1.10. The summed E-state index contributed by atoms with van der Waals surface area (Å²) in [4.78, 5) is 24.3. The Labute approximate surface area is 126 Å². The summed E-state index contributed by atoms with van der Waals surface area (Å²) in [5.74, 6) is -0.251. The third-order valence-electron chi connectivity index (χ3n) is 5.37. The summed E-state index contributed by atoms with van der Waals surface area (Å²) in [7, 11) is 0. The summed E-state index contributed by atoms with van der Waals surface area (Å²) in [6.45, 7) is 4.23. The largest absolute Gasteiger partial charge is 0.480 e. The number of carboxylic acid groups (broad SMARTS) is 1. The zero-order valence-electron chi connectivity index (χ0n) is 13.2. The van der Waals surface area contributed by atoms with Crippen LogP contribution in [0.1, 0.15) is 65.2 Å². The third-order valence-corrected chi connectivity index (χ3v) is 5.37. The minimum atomic E-state index is -1.11. The van der Waals surface area contributed by atoms with Crippen LogP contribution in [0.2, 0.25) is 0 Å². The van der Waals surface area contributed by atoms with Crippen molar-refractivity contribution in [3.8, 4) is 0 Å². The van der Waals surface area contributed by atoms with Crippen molar-refractivity contribution in [3.05, 3.63) is 0 Å². The van der Waals surface area contributed by atoms with Crippen LogP contribution in [0.5, 0.6) is 0 Å². The van der Waals surface area contributed by atoms with Crippen molar-refractivity contribution in [1.82, 2.24) is 5.32 Å². The van der Waals surface area contributed by atoms with Crippen LogP contribution in [-0.4, -0.2) is 28.1 Å². The van der Waals surface area contributed by atoms with Gasteiger partial charge in [-0.05, 0) is 50.4 Å². The maximum absolute atomic E-state index is 12.6. The molecule has 2 aliphatic carbocycles. The molecule has 0 bridgehead atoms. The lowest BCUT2D eigenvalue weighted by Gasteiger charge is -2.41. The van der Waals surface area contributed by atoms with E-state index >= 15 is 0 Å². The average Bonchev–Trinajstić information content (AvgIpc) is 2.41. The fourth-order valence-corrected chi connectivity index (χ4v) is 3.79. The molecule has 0 aromatic rings. The van der Waals surface area contributed by atoms with E-state index in [1.807, 2.05) is 0 Å². The van der Waals surface area contributed by atoms with Gasteiger partial charge in [0, 0.05) is 0 Å². The van der Waals surface area contributed by atoms with Gasteiger partial charge in [-0.2, -0.15) is 0 Å². The quantitative estimate of drug-likeness (QED) is 0.743.